The molecule has 4 atom stereocenters. The van der Waals surface area contributed by atoms with E-state index in [1.54, 1.807) is 24.3 Å². The summed E-state index contributed by atoms with van der Waals surface area (Å²) >= 11 is 0. The first kappa shape index (κ1) is 58.1. The molecule has 63 heavy (non-hydrogen) atoms. The molecule has 0 spiro atoms. The number of amides is 5. The molecule has 17 heteroatoms. The normalized spacial score (nSPS) is 13.2. The Hall–Kier alpha value is -4.94. The van der Waals surface area contributed by atoms with Crippen LogP contribution in [0.15, 0.2) is 48.5 Å². The predicted molar refractivity (Wildman–Crippen MR) is 245 cm³/mol. The van der Waals surface area contributed by atoms with Crippen LogP contribution in [0, 0.1) is 0 Å². The Balaban J connectivity index is 0.00000103. The fourth-order valence-corrected chi connectivity index (χ4v) is 5.60. The van der Waals surface area contributed by atoms with Gasteiger partial charge in [0.25, 0.3) is 0 Å². The second-order valence-corrected chi connectivity index (χ2v) is 16.4. The molecule has 0 unspecified atom stereocenters. The van der Waals surface area contributed by atoms with Crippen molar-refractivity contribution in [3.8, 4) is 0 Å². The minimum absolute atomic E-state index is 0.00472. The minimum atomic E-state index is -1.20. The third-order valence-electron chi connectivity index (χ3n) is 9.08. The van der Waals surface area contributed by atoms with Gasteiger partial charge in [0.2, 0.25) is 5.91 Å². The minimum Gasteiger partial charge on any atom is -0.480 e. The molecule has 8 N–H and O–H groups in total. The number of hydrogen-bond acceptors (Lipinski definition) is 11. The van der Waals surface area contributed by atoms with Gasteiger partial charge in [-0.05, 0) is 88.5 Å². The Labute approximate surface area is 374 Å². The number of para-hydroxylation sites is 2. The molecule has 0 bridgehead atoms. The van der Waals surface area contributed by atoms with Gasteiger partial charge < -0.3 is 56.4 Å². The van der Waals surface area contributed by atoms with E-state index >= 15 is 0 Å². The maximum absolute atomic E-state index is 12.6. The molecule has 0 saturated heterocycles. The number of anilines is 2. The third-order valence-corrected chi connectivity index (χ3v) is 9.08. The predicted octanol–water partition coefficient (Wildman–Crippen LogP) is 5.36. The fraction of sp³-hybridized carbons (Fsp3) is 0.609. The number of benzene rings is 2. The lowest BCUT2D eigenvalue weighted by Crippen LogP contribution is -2.53. The van der Waals surface area contributed by atoms with Crippen molar-refractivity contribution in [2.75, 3.05) is 37.1 Å². The van der Waals surface area contributed by atoms with Crippen molar-refractivity contribution >= 4 is 46.9 Å². The maximum Gasteiger partial charge on any atom is 0.325 e. The van der Waals surface area contributed by atoms with E-state index in [-0.39, 0.29) is 29.2 Å². The lowest BCUT2D eigenvalue weighted by atomic mass is 9.86. The lowest BCUT2D eigenvalue weighted by Gasteiger charge is -2.28. The van der Waals surface area contributed by atoms with Crippen LogP contribution in [0.2, 0.25) is 0 Å². The summed E-state index contributed by atoms with van der Waals surface area (Å²) in [5.41, 5.74) is 8.23. The highest BCUT2D eigenvalue weighted by molar-refractivity contribution is 6.40. The molecular weight excluding hydrogens is 813 g/mol. The van der Waals surface area contributed by atoms with Crippen molar-refractivity contribution < 1.29 is 52.8 Å². The Morgan fingerprint density at radius 1 is 0.556 bits per heavy atom. The van der Waals surface area contributed by atoms with Gasteiger partial charge in [-0.2, -0.15) is 0 Å². The summed E-state index contributed by atoms with van der Waals surface area (Å²) in [5.74, 6) is -5.21. The Morgan fingerprint density at radius 3 is 1.25 bits per heavy atom. The van der Waals surface area contributed by atoms with Crippen LogP contribution in [0.1, 0.15) is 121 Å². The molecule has 2 aromatic rings. The van der Waals surface area contributed by atoms with Crippen molar-refractivity contribution in [1.29, 1.82) is 0 Å². The molecular formula is C46H76N6O11. The van der Waals surface area contributed by atoms with Gasteiger partial charge >= 0.3 is 29.6 Å². The van der Waals surface area contributed by atoms with E-state index in [0.29, 0.717) is 44.2 Å². The van der Waals surface area contributed by atoms with Crippen LogP contribution in [-0.2, 0) is 58.5 Å². The van der Waals surface area contributed by atoms with Gasteiger partial charge in [-0.25, -0.2) is 0 Å². The molecule has 2 aromatic carbocycles. The largest absolute Gasteiger partial charge is 0.480 e. The van der Waals surface area contributed by atoms with Crippen LogP contribution in [0.25, 0.3) is 0 Å². The first-order chi connectivity index (χ1) is 29.4. The van der Waals surface area contributed by atoms with E-state index in [1.165, 1.54) is 13.8 Å². The zero-order valence-electron chi connectivity index (χ0n) is 39.9. The quantitative estimate of drug-likeness (QED) is 0.0697. The molecule has 0 aliphatic heterocycles. The van der Waals surface area contributed by atoms with Crippen molar-refractivity contribution in [3.63, 3.8) is 0 Å². The SMILES string of the molecule is CCOC(OCC)[C@@H](N)CC.CCOC(OCC)[C@H](CC)NC(=O)[C@H](C)NC(=O)C(=O)Nc1ccccc1C(C)(C)C.C[C@H](NC(=O)C(=O)Nc1ccccc1C(C)(C)C)C(=O)O. The van der Waals surface area contributed by atoms with E-state index in [4.69, 9.17) is 29.8 Å². The van der Waals surface area contributed by atoms with Crippen molar-refractivity contribution in [2.24, 2.45) is 5.73 Å². The summed E-state index contributed by atoms with van der Waals surface area (Å²) in [4.78, 5) is 71.5. The number of nitrogens with two attached hydrogens (primary N) is 1. The highest BCUT2D eigenvalue weighted by Crippen LogP contribution is 2.30. The standard InChI is InChI=1S/C23H37N3O5.C15H20N2O4.C8H19NO2/c1-8-17(22(30-9-2)31-10-3)25-19(27)15(4)24-20(28)21(29)26-18-14-12-11-13-16(18)23(5,6)7;1-9(14(20)21)16-12(18)13(19)17-11-8-6-5-7-10(11)15(2,3)4;1-4-7(9)8(10-5-2)11-6-3/h11-15,17,22H,8-10H2,1-7H3,(H,24,28)(H,25,27)(H,26,29);5-9H,1-4H3,(H,16,18)(H,17,19)(H,20,21);7-8H,4-6,9H2,1-3H3/t15-,17-;9-;7-/m000/s1. The molecule has 0 radical (unpaired) electrons. The molecule has 2 rings (SSSR count). The molecule has 0 heterocycles. The number of rotatable bonds is 19. The summed E-state index contributed by atoms with van der Waals surface area (Å²) < 4.78 is 21.7. The highest BCUT2D eigenvalue weighted by atomic mass is 16.7. The Bertz CT molecular complexity index is 1710. The lowest BCUT2D eigenvalue weighted by molar-refractivity contribution is -0.159. The molecule has 0 saturated carbocycles. The molecule has 0 aliphatic rings. The number of nitrogens with one attached hydrogen (secondary N) is 5. The first-order valence-electron chi connectivity index (χ1n) is 21.6. The van der Waals surface area contributed by atoms with Gasteiger partial charge in [-0.15, -0.1) is 0 Å². The summed E-state index contributed by atoms with van der Waals surface area (Å²) in [7, 11) is 0. The monoisotopic (exact) mass is 889 g/mol. The zero-order valence-corrected chi connectivity index (χ0v) is 39.9. The highest BCUT2D eigenvalue weighted by Gasteiger charge is 2.28. The van der Waals surface area contributed by atoms with E-state index < -0.39 is 53.9 Å². The van der Waals surface area contributed by atoms with E-state index in [0.717, 1.165) is 17.5 Å². The molecule has 356 valence electrons. The number of hydrogen-bond donors (Lipinski definition) is 7. The topological polar surface area (TPSA) is 246 Å². The number of aliphatic carboxylic acids is 1. The average Bonchev–Trinajstić information content (AvgIpc) is 3.22. The number of carboxylic acids is 1. The van der Waals surface area contributed by atoms with Crippen molar-refractivity contribution in [3.05, 3.63) is 59.7 Å². The smallest absolute Gasteiger partial charge is 0.325 e. The van der Waals surface area contributed by atoms with Gasteiger partial charge in [0.05, 0.1) is 12.1 Å². The van der Waals surface area contributed by atoms with E-state index in [2.05, 4.69) is 26.6 Å². The molecule has 5 amide bonds. The molecule has 0 aliphatic carbocycles. The third kappa shape index (κ3) is 21.8. The zero-order chi connectivity index (χ0) is 48.5. The average molecular weight is 889 g/mol. The Morgan fingerprint density at radius 2 is 0.921 bits per heavy atom. The summed E-state index contributed by atoms with van der Waals surface area (Å²) in [5, 5.41) is 21.2. The fourth-order valence-electron chi connectivity index (χ4n) is 5.60. The van der Waals surface area contributed by atoms with Crippen LogP contribution in [0.3, 0.4) is 0 Å². The Kier molecular flexibility index (Phi) is 27.1. The summed E-state index contributed by atoms with van der Waals surface area (Å²) in [6, 6.07) is 12.1. The van der Waals surface area contributed by atoms with E-state index in [9.17, 15) is 28.8 Å². The van der Waals surface area contributed by atoms with E-state index in [1.807, 2.05) is 107 Å². The van der Waals surface area contributed by atoms with Crippen LogP contribution in [-0.4, -0.2) is 104 Å². The second-order valence-electron chi connectivity index (χ2n) is 16.4. The number of carboxylic acid groups (broad SMARTS) is 1. The molecule has 0 aromatic heterocycles. The number of carbonyl (C=O) groups is 6. The van der Waals surface area contributed by atoms with Gasteiger partial charge in [-0.3, -0.25) is 28.8 Å². The summed E-state index contributed by atoms with van der Waals surface area (Å²) in [6.07, 6.45) is 0.658. The maximum atomic E-state index is 12.6. The number of carbonyl (C=O) groups excluding carboxylic acids is 5. The van der Waals surface area contributed by atoms with Crippen LogP contribution >= 0.6 is 0 Å². The summed E-state index contributed by atoms with van der Waals surface area (Å²) in [6.45, 7) is 28.5. The van der Waals surface area contributed by atoms with Gasteiger partial charge in [0, 0.05) is 37.8 Å². The number of ether oxygens (including phenoxy) is 4. The van der Waals surface area contributed by atoms with Crippen molar-refractivity contribution in [2.45, 2.75) is 157 Å². The van der Waals surface area contributed by atoms with Gasteiger partial charge in [-0.1, -0.05) is 91.8 Å². The molecule has 0 fully saturated rings. The molecule has 17 nitrogen and oxygen atoms in total. The van der Waals surface area contributed by atoms with Crippen molar-refractivity contribution in [1.82, 2.24) is 16.0 Å². The first-order valence-corrected chi connectivity index (χ1v) is 21.6. The van der Waals surface area contributed by atoms with Crippen LogP contribution < -0.4 is 32.3 Å². The van der Waals surface area contributed by atoms with Gasteiger partial charge in [0.1, 0.15) is 12.1 Å². The second kappa shape index (κ2) is 29.4. The van der Waals surface area contributed by atoms with Gasteiger partial charge in [0.15, 0.2) is 12.6 Å². The van der Waals surface area contributed by atoms with Crippen LogP contribution in [0.4, 0.5) is 11.4 Å². The van der Waals surface area contributed by atoms with Crippen LogP contribution in [0.5, 0.6) is 0 Å².